The van der Waals surface area contributed by atoms with Gasteiger partial charge in [0.25, 0.3) is 5.91 Å². The zero-order valence-corrected chi connectivity index (χ0v) is 15.9. The number of hydrogen-bond acceptors (Lipinski definition) is 6. The first kappa shape index (κ1) is 19.1. The highest BCUT2D eigenvalue weighted by Crippen LogP contribution is 2.18. The Labute approximate surface area is 167 Å². The fourth-order valence-corrected chi connectivity index (χ4v) is 2.71. The number of allylic oxidation sites excluding steroid dienone is 1. The van der Waals surface area contributed by atoms with Gasteiger partial charge in [-0.3, -0.25) is 15.1 Å². The highest BCUT2D eigenvalue weighted by atomic mass is 32.1. The Morgan fingerprint density at radius 1 is 1.11 bits per heavy atom. The molecule has 4 N–H and O–H groups in total. The van der Waals surface area contributed by atoms with Crippen molar-refractivity contribution >= 4 is 51.9 Å². The smallest absolute Gasteiger partial charge is 0.257 e. The van der Waals surface area contributed by atoms with E-state index in [1.54, 1.807) is 49.8 Å². The number of carbonyl (C=O) groups is 1. The van der Waals surface area contributed by atoms with E-state index in [-0.39, 0.29) is 11.0 Å². The summed E-state index contributed by atoms with van der Waals surface area (Å²) in [6.07, 6.45) is 4.65. The molecular weight excluding hydrogens is 372 g/mol. The highest BCUT2D eigenvalue weighted by Gasteiger charge is 2.09. The average Bonchev–Trinajstić information content (AvgIpc) is 2.72. The predicted molar refractivity (Wildman–Crippen MR) is 115 cm³/mol. The molecule has 0 radical (unpaired) electrons. The summed E-state index contributed by atoms with van der Waals surface area (Å²) in [6.45, 7) is 0. The summed E-state index contributed by atoms with van der Waals surface area (Å²) in [5.41, 5.74) is 3.32. The number of fused-ring (bicyclic) bond motifs is 1. The number of rotatable bonds is 5. The maximum absolute atomic E-state index is 12.2. The summed E-state index contributed by atoms with van der Waals surface area (Å²) in [5, 5.41) is 16.1. The summed E-state index contributed by atoms with van der Waals surface area (Å²) >= 11 is 5.21. The van der Waals surface area contributed by atoms with Gasteiger partial charge in [0.15, 0.2) is 5.11 Å². The number of carbonyl (C=O) groups excluding carboxylic acids is 1. The SMILES string of the molecule is CN/C=C(\C=N)c1cnc2ccc(NC(=S)NC(=O)c3ccccc3)nc2c1. The number of aromatic nitrogens is 2. The van der Waals surface area contributed by atoms with Gasteiger partial charge in [-0.25, -0.2) is 4.98 Å². The van der Waals surface area contributed by atoms with E-state index in [4.69, 9.17) is 17.6 Å². The second-order valence-corrected chi connectivity index (χ2v) is 6.17. The van der Waals surface area contributed by atoms with Crippen molar-refractivity contribution < 1.29 is 4.79 Å². The Balaban J connectivity index is 1.77. The first-order chi connectivity index (χ1) is 13.6. The lowest BCUT2D eigenvalue weighted by Gasteiger charge is -2.10. The number of thiocarbonyl (C=S) groups is 1. The molecule has 140 valence electrons. The van der Waals surface area contributed by atoms with Crippen molar-refractivity contribution in [2.24, 2.45) is 0 Å². The van der Waals surface area contributed by atoms with E-state index < -0.39 is 0 Å². The summed E-state index contributed by atoms with van der Waals surface area (Å²) in [6, 6.07) is 14.2. The Morgan fingerprint density at radius 3 is 2.61 bits per heavy atom. The first-order valence-corrected chi connectivity index (χ1v) is 8.84. The number of amides is 1. The van der Waals surface area contributed by atoms with Crippen LogP contribution in [0.4, 0.5) is 5.82 Å². The quantitative estimate of drug-likeness (QED) is 0.395. The lowest BCUT2D eigenvalue weighted by molar-refractivity contribution is 0.0977. The van der Waals surface area contributed by atoms with Crippen molar-refractivity contribution in [3.8, 4) is 0 Å². The van der Waals surface area contributed by atoms with Crippen LogP contribution in [0.2, 0.25) is 0 Å². The standard InChI is InChI=1S/C20H18N6OS/c1-22-11-15(10-21)14-9-17-16(23-12-14)7-8-18(24-17)25-20(28)26-19(27)13-5-3-2-4-6-13/h2-12,21-22H,1H3,(H2,24,25,26,27,28)/b15-11+,21-10?. The molecule has 0 fully saturated rings. The van der Waals surface area contributed by atoms with Crippen LogP contribution in [0.3, 0.4) is 0 Å². The van der Waals surface area contributed by atoms with E-state index in [0.29, 0.717) is 28.0 Å². The molecule has 0 atom stereocenters. The molecule has 3 aromatic rings. The van der Waals surface area contributed by atoms with Crippen molar-refractivity contribution in [2.45, 2.75) is 0 Å². The van der Waals surface area contributed by atoms with Gasteiger partial charge in [0.05, 0.1) is 11.0 Å². The minimum absolute atomic E-state index is 0.153. The second-order valence-electron chi connectivity index (χ2n) is 5.77. The number of anilines is 1. The van der Waals surface area contributed by atoms with E-state index in [2.05, 4.69) is 25.9 Å². The minimum atomic E-state index is -0.296. The van der Waals surface area contributed by atoms with Crippen LogP contribution in [0, 0.1) is 5.41 Å². The molecule has 2 aromatic heterocycles. The van der Waals surface area contributed by atoms with Crippen LogP contribution >= 0.6 is 12.2 Å². The van der Waals surface area contributed by atoms with Crippen LogP contribution in [0.15, 0.2) is 60.9 Å². The Morgan fingerprint density at radius 2 is 1.89 bits per heavy atom. The van der Waals surface area contributed by atoms with Gasteiger partial charge in [-0.2, -0.15) is 0 Å². The molecule has 0 aliphatic carbocycles. The summed E-state index contributed by atoms with van der Waals surface area (Å²) < 4.78 is 0. The van der Waals surface area contributed by atoms with Gasteiger partial charge in [-0.1, -0.05) is 18.2 Å². The topological polar surface area (TPSA) is 103 Å². The van der Waals surface area contributed by atoms with Crippen LogP contribution in [0.25, 0.3) is 16.6 Å². The minimum Gasteiger partial charge on any atom is -0.393 e. The molecule has 0 bridgehead atoms. The zero-order valence-electron chi connectivity index (χ0n) is 15.1. The molecule has 7 nitrogen and oxygen atoms in total. The van der Waals surface area contributed by atoms with E-state index in [0.717, 1.165) is 5.56 Å². The van der Waals surface area contributed by atoms with Crippen molar-refractivity contribution in [2.75, 3.05) is 12.4 Å². The largest absolute Gasteiger partial charge is 0.393 e. The highest BCUT2D eigenvalue weighted by molar-refractivity contribution is 7.80. The van der Waals surface area contributed by atoms with Crippen LogP contribution in [0.5, 0.6) is 0 Å². The van der Waals surface area contributed by atoms with E-state index in [1.807, 2.05) is 18.2 Å². The van der Waals surface area contributed by atoms with Crippen molar-refractivity contribution in [1.29, 1.82) is 5.41 Å². The Kier molecular flexibility index (Phi) is 6.03. The molecule has 0 unspecified atom stereocenters. The molecule has 0 aliphatic heterocycles. The molecule has 1 amide bonds. The third-order valence-corrected chi connectivity index (χ3v) is 4.03. The van der Waals surface area contributed by atoms with Gasteiger partial charge in [-0.05, 0) is 42.5 Å². The summed E-state index contributed by atoms with van der Waals surface area (Å²) in [5.74, 6) is 0.189. The van der Waals surface area contributed by atoms with Crippen molar-refractivity contribution in [3.63, 3.8) is 0 Å². The van der Waals surface area contributed by atoms with Gasteiger partial charge >= 0.3 is 0 Å². The Hall–Kier alpha value is -3.65. The van der Waals surface area contributed by atoms with Gasteiger partial charge < -0.3 is 16.0 Å². The summed E-state index contributed by atoms with van der Waals surface area (Å²) in [4.78, 5) is 21.0. The van der Waals surface area contributed by atoms with Crippen molar-refractivity contribution in [3.05, 3.63) is 72.1 Å². The van der Waals surface area contributed by atoms with Crippen LogP contribution in [-0.4, -0.2) is 34.2 Å². The molecule has 8 heteroatoms. The molecule has 1 aromatic carbocycles. The van der Waals surface area contributed by atoms with Gasteiger partial charge in [0, 0.05) is 42.4 Å². The zero-order chi connectivity index (χ0) is 19.9. The van der Waals surface area contributed by atoms with E-state index in [1.165, 1.54) is 6.21 Å². The summed E-state index contributed by atoms with van der Waals surface area (Å²) in [7, 11) is 1.77. The molecule has 0 aliphatic rings. The lowest BCUT2D eigenvalue weighted by Crippen LogP contribution is -2.34. The fraction of sp³-hybridized carbons (Fsp3) is 0.0500. The Bertz CT molecular complexity index is 1060. The maximum atomic E-state index is 12.2. The number of hydrogen-bond donors (Lipinski definition) is 4. The first-order valence-electron chi connectivity index (χ1n) is 8.43. The molecule has 0 saturated carbocycles. The molecule has 2 heterocycles. The predicted octanol–water partition coefficient (Wildman–Crippen LogP) is 2.97. The van der Waals surface area contributed by atoms with Crippen LogP contribution in [-0.2, 0) is 0 Å². The number of pyridine rings is 2. The monoisotopic (exact) mass is 390 g/mol. The normalized spacial score (nSPS) is 11.0. The van der Waals surface area contributed by atoms with Crippen LogP contribution in [0.1, 0.15) is 15.9 Å². The lowest BCUT2D eigenvalue weighted by atomic mass is 10.1. The average molecular weight is 390 g/mol. The maximum Gasteiger partial charge on any atom is 0.257 e. The number of nitrogens with one attached hydrogen (secondary N) is 4. The number of benzene rings is 1. The van der Waals surface area contributed by atoms with E-state index in [9.17, 15) is 4.79 Å². The fourth-order valence-electron chi connectivity index (χ4n) is 2.51. The van der Waals surface area contributed by atoms with Gasteiger partial charge in [0.1, 0.15) is 5.82 Å². The number of nitrogens with zero attached hydrogens (tertiary/aromatic N) is 2. The third kappa shape index (κ3) is 4.54. The van der Waals surface area contributed by atoms with Crippen molar-refractivity contribution in [1.82, 2.24) is 20.6 Å². The molecule has 0 saturated heterocycles. The van der Waals surface area contributed by atoms with Gasteiger partial charge in [-0.15, -0.1) is 0 Å². The molecule has 0 spiro atoms. The molecule has 3 rings (SSSR count). The second kappa shape index (κ2) is 8.83. The molecular formula is C20H18N6OS. The van der Waals surface area contributed by atoms with Crippen LogP contribution < -0.4 is 16.0 Å². The molecule has 28 heavy (non-hydrogen) atoms. The van der Waals surface area contributed by atoms with E-state index >= 15 is 0 Å². The third-order valence-electron chi connectivity index (χ3n) is 3.83. The van der Waals surface area contributed by atoms with Gasteiger partial charge in [0.2, 0.25) is 0 Å².